The Labute approximate surface area is 153 Å². The van der Waals surface area contributed by atoms with Crippen LogP contribution in [0.3, 0.4) is 0 Å². The predicted octanol–water partition coefficient (Wildman–Crippen LogP) is 3.03. The van der Waals surface area contributed by atoms with E-state index in [2.05, 4.69) is 16.7 Å². The SMILES string of the molecule is COCC1(CNc2cc(Cl)ccc2C#N)CCCN1.O=C(O)C(F)(F)F. The quantitative estimate of drug-likeness (QED) is 0.712. The smallest absolute Gasteiger partial charge is 0.475 e. The number of carboxylic acid groups (broad SMARTS) is 1. The Kier molecular flexibility index (Phi) is 8.14. The molecule has 1 aromatic rings. The summed E-state index contributed by atoms with van der Waals surface area (Å²) in [6, 6.07) is 7.42. The molecule has 1 fully saturated rings. The van der Waals surface area contributed by atoms with Gasteiger partial charge in [-0.25, -0.2) is 4.79 Å². The molecule has 0 aromatic heterocycles. The number of nitrogens with zero attached hydrogens (tertiary/aromatic N) is 1. The van der Waals surface area contributed by atoms with Crippen molar-refractivity contribution >= 4 is 23.3 Å². The number of rotatable bonds is 5. The summed E-state index contributed by atoms with van der Waals surface area (Å²) in [5.41, 5.74) is 1.33. The number of anilines is 1. The zero-order chi connectivity index (χ0) is 19.8. The molecule has 1 unspecified atom stereocenters. The number of methoxy groups -OCH3 is 1. The lowest BCUT2D eigenvalue weighted by molar-refractivity contribution is -0.192. The number of nitrogens with one attached hydrogen (secondary N) is 2. The molecule has 1 aliphatic heterocycles. The number of nitriles is 1. The first-order chi connectivity index (χ1) is 12.1. The highest BCUT2D eigenvalue weighted by molar-refractivity contribution is 6.30. The van der Waals surface area contributed by atoms with Gasteiger partial charge >= 0.3 is 12.1 Å². The molecular formula is C16H19ClF3N3O3. The standard InChI is InChI=1S/C14H18ClN3O.C2HF3O2/c1-19-10-14(5-2-6-18-14)9-17-13-7-12(15)4-3-11(13)8-16;3-2(4,5)1(6)7/h3-4,7,17-18H,2,5-6,9-10H2,1H3;(H,6,7). The van der Waals surface area contributed by atoms with Gasteiger partial charge < -0.3 is 20.5 Å². The van der Waals surface area contributed by atoms with E-state index in [1.165, 1.54) is 0 Å². The molecule has 1 heterocycles. The zero-order valence-corrected chi connectivity index (χ0v) is 14.7. The molecule has 0 radical (unpaired) electrons. The molecule has 0 saturated carbocycles. The van der Waals surface area contributed by atoms with Crippen molar-refractivity contribution in [1.82, 2.24) is 5.32 Å². The lowest BCUT2D eigenvalue weighted by Crippen LogP contribution is -2.49. The van der Waals surface area contributed by atoms with Gasteiger partial charge in [-0.15, -0.1) is 0 Å². The van der Waals surface area contributed by atoms with Crippen molar-refractivity contribution in [3.8, 4) is 6.07 Å². The summed E-state index contributed by atoms with van der Waals surface area (Å²) >= 11 is 5.98. The number of aliphatic carboxylic acids is 1. The van der Waals surface area contributed by atoms with Crippen LogP contribution in [0.15, 0.2) is 18.2 Å². The van der Waals surface area contributed by atoms with Gasteiger partial charge in [-0.2, -0.15) is 18.4 Å². The second-order valence-electron chi connectivity index (χ2n) is 5.70. The van der Waals surface area contributed by atoms with E-state index in [9.17, 15) is 13.2 Å². The number of hydrogen-bond donors (Lipinski definition) is 3. The van der Waals surface area contributed by atoms with Gasteiger partial charge in [0.15, 0.2) is 0 Å². The Hall–Kier alpha value is -2.02. The third-order valence-corrected chi connectivity index (χ3v) is 3.95. The molecular weight excluding hydrogens is 375 g/mol. The van der Waals surface area contributed by atoms with E-state index in [-0.39, 0.29) is 5.54 Å². The Bertz CT molecular complexity index is 656. The number of halogens is 4. The maximum absolute atomic E-state index is 10.6. The zero-order valence-electron chi connectivity index (χ0n) is 14.0. The van der Waals surface area contributed by atoms with Crippen LogP contribution in [0.4, 0.5) is 18.9 Å². The van der Waals surface area contributed by atoms with Gasteiger partial charge in [0.1, 0.15) is 6.07 Å². The van der Waals surface area contributed by atoms with Crippen molar-refractivity contribution in [2.75, 3.05) is 32.1 Å². The Morgan fingerprint density at radius 2 is 2.19 bits per heavy atom. The molecule has 0 aliphatic carbocycles. The summed E-state index contributed by atoms with van der Waals surface area (Å²) in [4.78, 5) is 8.90. The van der Waals surface area contributed by atoms with E-state index in [1.807, 2.05) is 0 Å². The van der Waals surface area contributed by atoms with E-state index in [1.54, 1.807) is 25.3 Å². The molecule has 0 spiro atoms. The second-order valence-corrected chi connectivity index (χ2v) is 6.14. The molecule has 0 bridgehead atoms. The Morgan fingerprint density at radius 3 is 2.65 bits per heavy atom. The minimum atomic E-state index is -5.08. The van der Waals surface area contributed by atoms with Crippen molar-refractivity contribution in [1.29, 1.82) is 5.26 Å². The van der Waals surface area contributed by atoms with Crippen molar-refractivity contribution < 1.29 is 27.8 Å². The first kappa shape index (κ1) is 22.0. The number of ether oxygens (including phenoxy) is 1. The minimum Gasteiger partial charge on any atom is -0.475 e. The van der Waals surface area contributed by atoms with Gasteiger partial charge in [-0.05, 0) is 37.6 Å². The fourth-order valence-corrected chi connectivity index (χ4v) is 2.67. The summed E-state index contributed by atoms with van der Waals surface area (Å²) in [5, 5.41) is 23.7. The first-order valence-corrected chi connectivity index (χ1v) is 7.99. The van der Waals surface area contributed by atoms with Gasteiger partial charge in [0.2, 0.25) is 0 Å². The van der Waals surface area contributed by atoms with Crippen molar-refractivity contribution in [2.45, 2.75) is 24.6 Å². The monoisotopic (exact) mass is 393 g/mol. The molecule has 26 heavy (non-hydrogen) atoms. The molecule has 1 atom stereocenters. The minimum absolute atomic E-state index is 0.0518. The largest absolute Gasteiger partial charge is 0.490 e. The topological polar surface area (TPSA) is 94.4 Å². The van der Waals surface area contributed by atoms with Crippen molar-refractivity contribution in [2.24, 2.45) is 0 Å². The molecule has 1 aliphatic rings. The third kappa shape index (κ3) is 6.71. The molecule has 2 rings (SSSR count). The van der Waals surface area contributed by atoms with Crippen LogP contribution >= 0.6 is 11.6 Å². The maximum atomic E-state index is 10.6. The molecule has 0 amide bonds. The first-order valence-electron chi connectivity index (χ1n) is 7.61. The summed E-state index contributed by atoms with van der Waals surface area (Å²) in [5.74, 6) is -2.76. The fourth-order valence-electron chi connectivity index (χ4n) is 2.49. The number of carbonyl (C=O) groups is 1. The summed E-state index contributed by atoms with van der Waals surface area (Å²) in [6.45, 7) is 2.38. The third-order valence-electron chi connectivity index (χ3n) is 3.71. The highest BCUT2D eigenvalue weighted by Crippen LogP contribution is 2.24. The Morgan fingerprint density at radius 1 is 1.54 bits per heavy atom. The van der Waals surface area contributed by atoms with Gasteiger partial charge in [-0.3, -0.25) is 0 Å². The average molecular weight is 394 g/mol. The highest BCUT2D eigenvalue weighted by atomic mass is 35.5. The van der Waals surface area contributed by atoms with Crippen LogP contribution in [-0.2, 0) is 9.53 Å². The van der Waals surface area contributed by atoms with Crippen LogP contribution < -0.4 is 10.6 Å². The number of hydrogen-bond acceptors (Lipinski definition) is 5. The predicted molar refractivity (Wildman–Crippen MR) is 90.2 cm³/mol. The highest BCUT2D eigenvalue weighted by Gasteiger charge is 2.38. The maximum Gasteiger partial charge on any atom is 0.490 e. The van der Waals surface area contributed by atoms with Gasteiger partial charge in [-0.1, -0.05) is 11.6 Å². The lowest BCUT2D eigenvalue weighted by atomic mass is 9.98. The van der Waals surface area contributed by atoms with Crippen LogP contribution in [0.25, 0.3) is 0 Å². The van der Waals surface area contributed by atoms with E-state index >= 15 is 0 Å². The number of carboxylic acids is 1. The van der Waals surface area contributed by atoms with Crippen LogP contribution in [-0.4, -0.2) is 49.6 Å². The molecule has 10 heteroatoms. The van der Waals surface area contributed by atoms with E-state index < -0.39 is 12.1 Å². The summed E-state index contributed by atoms with van der Waals surface area (Å²) in [6.07, 6.45) is -2.87. The van der Waals surface area contributed by atoms with Gasteiger partial charge in [0.25, 0.3) is 0 Å². The lowest BCUT2D eigenvalue weighted by Gasteiger charge is -2.29. The van der Waals surface area contributed by atoms with Crippen molar-refractivity contribution in [3.05, 3.63) is 28.8 Å². The van der Waals surface area contributed by atoms with Crippen LogP contribution in [0.5, 0.6) is 0 Å². The number of benzene rings is 1. The van der Waals surface area contributed by atoms with Crippen molar-refractivity contribution in [3.63, 3.8) is 0 Å². The Balaban J connectivity index is 0.000000412. The van der Waals surface area contributed by atoms with Crippen LogP contribution in [0.1, 0.15) is 18.4 Å². The van der Waals surface area contributed by atoms with Gasteiger partial charge in [0, 0.05) is 18.7 Å². The molecule has 6 nitrogen and oxygen atoms in total. The molecule has 144 valence electrons. The van der Waals surface area contributed by atoms with Crippen LogP contribution in [0, 0.1) is 11.3 Å². The second kappa shape index (κ2) is 9.62. The fraction of sp³-hybridized carbons (Fsp3) is 0.500. The van der Waals surface area contributed by atoms with Gasteiger partial charge in [0.05, 0.1) is 23.4 Å². The summed E-state index contributed by atoms with van der Waals surface area (Å²) in [7, 11) is 1.71. The molecule has 1 aromatic carbocycles. The molecule has 1 saturated heterocycles. The molecule has 3 N–H and O–H groups in total. The van der Waals surface area contributed by atoms with E-state index in [0.717, 1.165) is 31.6 Å². The van der Waals surface area contributed by atoms with E-state index in [4.69, 9.17) is 31.5 Å². The number of alkyl halides is 3. The van der Waals surface area contributed by atoms with E-state index in [0.29, 0.717) is 17.2 Å². The average Bonchev–Trinajstić information content (AvgIpc) is 3.02. The summed E-state index contributed by atoms with van der Waals surface area (Å²) < 4.78 is 37.0. The normalized spacial score (nSPS) is 19.2. The van der Waals surface area contributed by atoms with Crippen LogP contribution in [0.2, 0.25) is 5.02 Å².